The Hall–Kier alpha value is -4.42. The van der Waals surface area contributed by atoms with Crippen molar-refractivity contribution in [2.75, 3.05) is 39.2 Å². The van der Waals surface area contributed by atoms with Gasteiger partial charge in [0.25, 0.3) is 0 Å². The molecule has 3 saturated heterocycles. The van der Waals surface area contributed by atoms with Crippen LogP contribution in [0, 0.1) is 11.7 Å². The number of ether oxygens (including phenoxy) is 4. The van der Waals surface area contributed by atoms with Crippen LogP contribution in [-0.2, 0) is 20.7 Å². The number of aromatic amines is 1. The molecule has 3 aliphatic rings. The number of pyridine rings is 1. The molecule has 3 aromatic carbocycles. The average molecular weight is 727 g/mol. The Labute approximate surface area is 299 Å². The van der Waals surface area contributed by atoms with Crippen LogP contribution in [0.3, 0.4) is 0 Å². The molecule has 1 aromatic heterocycles. The molecule has 264 valence electrons. The Kier molecular flexibility index (Phi) is 12.2. The lowest BCUT2D eigenvalue weighted by Crippen LogP contribution is -2.52. The van der Waals surface area contributed by atoms with Crippen LogP contribution in [0.25, 0.3) is 0 Å². The van der Waals surface area contributed by atoms with Crippen molar-refractivity contribution in [3.63, 3.8) is 0 Å². The lowest BCUT2D eigenvalue weighted by atomic mass is 9.86. The van der Waals surface area contributed by atoms with Crippen LogP contribution in [0.4, 0.5) is 10.1 Å². The summed E-state index contributed by atoms with van der Waals surface area (Å²) in [5.41, 5.74) is 2.28. The van der Waals surface area contributed by atoms with Crippen LogP contribution in [0.1, 0.15) is 52.0 Å². The topological polar surface area (TPSA) is 130 Å². The van der Waals surface area contributed by atoms with Crippen molar-refractivity contribution in [3.05, 3.63) is 117 Å². The first-order chi connectivity index (χ1) is 23.7. The molecular formula is C37H38Cl2FN3O7. The molecule has 7 rings (SSSR count). The molecule has 10 nitrogen and oxygen atoms in total. The molecule has 13 heteroatoms. The third kappa shape index (κ3) is 8.47. The number of rotatable bonds is 12. The van der Waals surface area contributed by atoms with Crippen LogP contribution < -0.4 is 19.8 Å². The van der Waals surface area contributed by atoms with Gasteiger partial charge in [0.05, 0.1) is 19.8 Å². The van der Waals surface area contributed by atoms with E-state index in [0.29, 0.717) is 56.4 Å². The molecule has 0 radical (unpaired) electrons. The molecule has 0 aliphatic carbocycles. The number of nitrogens with zero attached hydrogens (tertiary/aromatic N) is 1. The molecule has 3 atom stereocenters. The molecule has 4 aromatic rings. The van der Waals surface area contributed by atoms with Crippen molar-refractivity contribution in [1.82, 2.24) is 4.90 Å². The molecule has 3 fully saturated rings. The molecule has 0 saturated carbocycles. The minimum Gasteiger partial charge on any atom is -0.870 e. The number of benzene rings is 3. The number of carbonyl (C=O) groups excluding carboxylic acids is 2. The van der Waals surface area contributed by atoms with Crippen LogP contribution in [-0.4, -0.2) is 62.3 Å². The Morgan fingerprint density at radius 3 is 2.32 bits per heavy atom. The zero-order chi connectivity index (χ0) is 34.5. The number of fused-ring (bicyclic) bond motifs is 3. The van der Waals surface area contributed by atoms with Crippen LogP contribution >= 0.6 is 23.2 Å². The van der Waals surface area contributed by atoms with E-state index in [-0.39, 0.29) is 23.6 Å². The Balaban J connectivity index is 0.00000486. The van der Waals surface area contributed by atoms with Gasteiger partial charge >= 0.3 is 11.9 Å². The zero-order valence-corrected chi connectivity index (χ0v) is 29.0. The summed E-state index contributed by atoms with van der Waals surface area (Å²) in [7, 11) is 3.05. The number of anilines is 1. The van der Waals surface area contributed by atoms with Gasteiger partial charge in [-0.2, -0.15) is 0 Å². The maximum Gasteiger partial charge on any atom is 0.338 e. The monoisotopic (exact) mass is 725 g/mol. The van der Waals surface area contributed by atoms with Crippen molar-refractivity contribution in [1.29, 1.82) is 0 Å². The third-order valence-corrected chi connectivity index (χ3v) is 9.78. The Morgan fingerprint density at radius 2 is 1.66 bits per heavy atom. The number of halogens is 3. The predicted octanol–water partition coefficient (Wildman–Crippen LogP) is 6.72. The fraction of sp³-hybridized carbons (Fsp3) is 0.324. The fourth-order valence-electron chi connectivity index (χ4n) is 6.46. The Morgan fingerprint density at radius 1 is 0.940 bits per heavy atom. The van der Waals surface area contributed by atoms with Gasteiger partial charge in [-0.15, -0.1) is 0 Å². The minimum absolute atomic E-state index is 0. The van der Waals surface area contributed by atoms with Crippen LogP contribution in [0.2, 0.25) is 10.0 Å². The number of piperidine rings is 3. The SMILES string of the molecule is COc1ccc([C@H](Cc2c(Cl)c[nH+]cc2Cl)OC(=O)c2cccc(NC(C(=O)O[C@H]3CN4CCC3CC4)c3cccc(F)c3)c2)cc1OC.[OH-]. The van der Waals surface area contributed by atoms with E-state index in [4.69, 9.17) is 42.1 Å². The van der Waals surface area contributed by atoms with Crippen molar-refractivity contribution >= 4 is 40.8 Å². The summed E-state index contributed by atoms with van der Waals surface area (Å²) < 4.78 is 37.4. The zero-order valence-electron chi connectivity index (χ0n) is 27.5. The highest BCUT2D eigenvalue weighted by atomic mass is 35.5. The number of nitrogens with one attached hydrogen (secondary N) is 2. The van der Waals surface area contributed by atoms with Gasteiger partial charge in [-0.3, -0.25) is 4.90 Å². The molecule has 4 heterocycles. The number of esters is 2. The largest absolute Gasteiger partial charge is 0.870 e. The highest BCUT2D eigenvalue weighted by Crippen LogP contribution is 2.36. The lowest BCUT2D eigenvalue weighted by Gasteiger charge is -2.44. The van der Waals surface area contributed by atoms with Gasteiger partial charge in [-0.05, 0) is 85.4 Å². The first-order valence-electron chi connectivity index (χ1n) is 16.0. The molecule has 2 bridgehead atoms. The summed E-state index contributed by atoms with van der Waals surface area (Å²) >= 11 is 13.0. The van der Waals surface area contributed by atoms with E-state index >= 15 is 0 Å². The smallest absolute Gasteiger partial charge is 0.338 e. The molecule has 3 aliphatic heterocycles. The quantitative estimate of drug-likeness (QED) is 0.158. The highest BCUT2D eigenvalue weighted by Gasteiger charge is 2.38. The van der Waals surface area contributed by atoms with Crippen molar-refractivity contribution in [2.45, 2.75) is 37.5 Å². The fourth-order valence-corrected chi connectivity index (χ4v) is 7.00. The summed E-state index contributed by atoms with van der Waals surface area (Å²) in [6, 6.07) is 16.6. The standard InChI is InChI=1S/C37H36Cl2FN3O6.H2O/c1-46-31-10-9-23(17-33(31)47-2)32(18-28-29(38)19-41-20-30(28)39)48-36(44)25-6-4-8-27(16-25)42-35(24-5-3-7-26(40)15-24)37(45)49-34-21-43-13-11-22(34)12-14-43;/h3-10,15-17,19-20,22,32,34-35,42H,11-14,18,21H2,1-2H3;1H2/t32-,34-,35?;/m0./s1. The van der Waals surface area contributed by atoms with Crippen LogP contribution in [0.15, 0.2) is 79.1 Å². The van der Waals surface area contributed by atoms with E-state index in [2.05, 4.69) is 15.2 Å². The van der Waals surface area contributed by atoms with E-state index in [1.54, 1.807) is 67.0 Å². The van der Waals surface area contributed by atoms with Crippen molar-refractivity contribution in [3.8, 4) is 11.5 Å². The summed E-state index contributed by atoms with van der Waals surface area (Å²) in [6.07, 6.45) is 4.27. The third-order valence-electron chi connectivity index (χ3n) is 9.11. The lowest BCUT2D eigenvalue weighted by molar-refractivity contribution is -0.377. The predicted molar refractivity (Wildman–Crippen MR) is 185 cm³/mol. The second kappa shape index (κ2) is 16.5. The Bertz CT molecular complexity index is 1800. The first kappa shape index (κ1) is 36.9. The number of hydrogen-bond acceptors (Lipinski definition) is 9. The summed E-state index contributed by atoms with van der Waals surface area (Å²) in [5.74, 6) is -0.345. The number of H-pyrrole nitrogens is 1. The number of carbonyl (C=O) groups is 2. The van der Waals surface area contributed by atoms with Gasteiger partial charge in [0.15, 0.2) is 29.9 Å². The van der Waals surface area contributed by atoms with Gasteiger partial charge in [-0.1, -0.05) is 47.5 Å². The average Bonchev–Trinajstić information content (AvgIpc) is 3.12. The number of hydrogen-bond donors (Lipinski definition) is 1. The summed E-state index contributed by atoms with van der Waals surface area (Å²) in [4.78, 5) is 32.6. The number of methoxy groups -OCH3 is 2. The van der Waals surface area contributed by atoms with Gasteiger partial charge in [0, 0.05) is 24.2 Å². The highest BCUT2D eigenvalue weighted by molar-refractivity contribution is 6.35. The minimum atomic E-state index is -1.02. The molecule has 3 N–H and O–H groups in total. The van der Waals surface area contributed by atoms with Gasteiger partial charge in [-0.25, -0.2) is 19.0 Å². The van der Waals surface area contributed by atoms with E-state index in [9.17, 15) is 14.0 Å². The van der Waals surface area contributed by atoms with E-state index in [1.165, 1.54) is 26.4 Å². The second-order valence-electron chi connectivity index (χ2n) is 12.2. The second-order valence-corrected chi connectivity index (χ2v) is 13.0. The first-order valence-corrected chi connectivity index (χ1v) is 16.8. The van der Waals surface area contributed by atoms with E-state index in [1.807, 2.05) is 0 Å². The van der Waals surface area contributed by atoms with Crippen molar-refractivity contribution < 1.29 is 43.4 Å². The van der Waals surface area contributed by atoms with Crippen molar-refractivity contribution in [2.24, 2.45) is 5.92 Å². The molecule has 1 unspecified atom stereocenters. The van der Waals surface area contributed by atoms with E-state index in [0.717, 1.165) is 25.9 Å². The summed E-state index contributed by atoms with van der Waals surface area (Å²) in [6.45, 7) is 2.70. The number of aromatic nitrogens is 1. The van der Waals surface area contributed by atoms with Crippen LogP contribution in [0.5, 0.6) is 11.5 Å². The van der Waals surface area contributed by atoms with E-state index < -0.39 is 29.9 Å². The molecule has 50 heavy (non-hydrogen) atoms. The molecule has 0 spiro atoms. The van der Waals surface area contributed by atoms with Gasteiger partial charge in [0.1, 0.15) is 28.1 Å². The van der Waals surface area contributed by atoms with Gasteiger partial charge in [0.2, 0.25) is 0 Å². The maximum absolute atomic E-state index is 14.4. The molecule has 0 amide bonds. The summed E-state index contributed by atoms with van der Waals surface area (Å²) in [5, 5.41) is 3.95. The normalized spacial score (nSPS) is 19.0. The molecular weight excluding hydrogens is 688 g/mol. The van der Waals surface area contributed by atoms with Gasteiger partial charge < -0.3 is 29.7 Å². The maximum atomic E-state index is 14.4.